The first-order valence-electron chi connectivity index (χ1n) is 8.28. The van der Waals surface area contributed by atoms with Gasteiger partial charge in [0.1, 0.15) is 11.9 Å². The van der Waals surface area contributed by atoms with E-state index in [1.165, 1.54) is 12.1 Å². The Kier molecular flexibility index (Phi) is 6.12. The molecule has 1 aromatic rings. The number of carbonyl (C=O) groups is 1. The molecule has 1 aliphatic heterocycles. The molecule has 0 radical (unpaired) electrons. The first-order chi connectivity index (χ1) is 11.1. The molecule has 1 saturated heterocycles. The van der Waals surface area contributed by atoms with Crippen LogP contribution in [0.2, 0.25) is 0 Å². The maximum atomic E-state index is 13.0. The van der Waals surface area contributed by atoms with E-state index in [4.69, 9.17) is 0 Å². The third kappa shape index (κ3) is 4.08. The van der Waals surface area contributed by atoms with Gasteiger partial charge in [0.2, 0.25) is 5.91 Å². The second-order valence-corrected chi connectivity index (χ2v) is 5.96. The van der Waals surface area contributed by atoms with Gasteiger partial charge in [-0.15, -0.1) is 0 Å². The van der Waals surface area contributed by atoms with Crippen LogP contribution in [0.5, 0.6) is 0 Å². The molecule has 23 heavy (non-hydrogen) atoms. The summed E-state index contributed by atoms with van der Waals surface area (Å²) in [5.74, 6) is 0.0291. The summed E-state index contributed by atoms with van der Waals surface area (Å²) in [6, 6.07) is 7.99. The molecule has 1 fully saturated rings. The molecule has 1 aliphatic rings. The van der Waals surface area contributed by atoms with Crippen LogP contribution in [-0.4, -0.2) is 41.9 Å². The van der Waals surface area contributed by atoms with Crippen LogP contribution in [0.1, 0.15) is 38.3 Å². The summed E-state index contributed by atoms with van der Waals surface area (Å²) >= 11 is 0. The number of benzene rings is 1. The van der Waals surface area contributed by atoms with Crippen LogP contribution in [-0.2, 0) is 4.79 Å². The van der Waals surface area contributed by atoms with E-state index < -0.39 is 0 Å². The lowest BCUT2D eigenvalue weighted by Gasteiger charge is -2.38. The fraction of sp³-hybridized carbons (Fsp3) is 0.556. The third-order valence-electron chi connectivity index (χ3n) is 4.63. The Balaban J connectivity index is 1.99. The fourth-order valence-electron chi connectivity index (χ4n) is 3.11. The van der Waals surface area contributed by atoms with Gasteiger partial charge in [0, 0.05) is 32.1 Å². The summed E-state index contributed by atoms with van der Waals surface area (Å²) < 4.78 is 13.0. The van der Waals surface area contributed by atoms with Crippen molar-refractivity contribution in [1.29, 1.82) is 5.26 Å². The number of hydrogen-bond donors (Lipinski definition) is 0. The van der Waals surface area contributed by atoms with Gasteiger partial charge in [0.15, 0.2) is 0 Å². The van der Waals surface area contributed by atoms with Crippen molar-refractivity contribution in [2.75, 3.05) is 26.2 Å². The van der Waals surface area contributed by atoms with Gasteiger partial charge >= 0.3 is 0 Å². The molecule has 0 aromatic heterocycles. The van der Waals surface area contributed by atoms with Crippen LogP contribution in [0.3, 0.4) is 0 Å². The van der Waals surface area contributed by atoms with Gasteiger partial charge in [0.05, 0.1) is 6.07 Å². The monoisotopic (exact) mass is 317 g/mol. The molecule has 0 spiro atoms. The van der Waals surface area contributed by atoms with Crippen molar-refractivity contribution in [3.8, 4) is 6.07 Å². The molecule has 124 valence electrons. The number of rotatable bonds is 5. The Morgan fingerprint density at radius 3 is 2.22 bits per heavy atom. The largest absolute Gasteiger partial charge is 0.340 e. The van der Waals surface area contributed by atoms with Crippen molar-refractivity contribution < 1.29 is 9.18 Å². The van der Waals surface area contributed by atoms with Crippen LogP contribution in [0.15, 0.2) is 24.3 Å². The topological polar surface area (TPSA) is 47.3 Å². The third-order valence-corrected chi connectivity index (χ3v) is 4.63. The number of hydrogen-bond acceptors (Lipinski definition) is 3. The zero-order valence-electron chi connectivity index (χ0n) is 13.8. The van der Waals surface area contributed by atoms with E-state index in [0.717, 1.165) is 18.4 Å². The van der Waals surface area contributed by atoms with Crippen LogP contribution >= 0.6 is 0 Å². The summed E-state index contributed by atoms with van der Waals surface area (Å²) in [5, 5.41) is 9.47. The van der Waals surface area contributed by atoms with Crippen LogP contribution < -0.4 is 0 Å². The first-order valence-corrected chi connectivity index (χ1v) is 8.28. The highest BCUT2D eigenvalue weighted by molar-refractivity contribution is 5.78. The first kappa shape index (κ1) is 17.4. The zero-order valence-corrected chi connectivity index (χ0v) is 13.8. The fourth-order valence-corrected chi connectivity index (χ4v) is 3.11. The summed E-state index contributed by atoms with van der Waals surface area (Å²) in [6.07, 6.45) is 1.73. The van der Waals surface area contributed by atoms with Gasteiger partial charge in [0.25, 0.3) is 0 Å². The van der Waals surface area contributed by atoms with E-state index in [1.54, 1.807) is 12.1 Å². The average Bonchev–Trinajstić information content (AvgIpc) is 2.59. The highest BCUT2D eigenvalue weighted by Gasteiger charge is 2.29. The number of halogens is 1. The molecule has 4 nitrogen and oxygen atoms in total. The molecular formula is C18H24FN3O. The number of carbonyl (C=O) groups excluding carboxylic acids is 1. The average molecular weight is 317 g/mol. The lowest BCUT2D eigenvalue weighted by atomic mass is 10.0. The lowest BCUT2D eigenvalue weighted by Crippen LogP contribution is -2.50. The van der Waals surface area contributed by atoms with Crippen LogP contribution in [0, 0.1) is 23.1 Å². The number of amides is 1. The van der Waals surface area contributed by atoms with Gasteiger partial charge < -0.3 is 4.90 Å². The highest BCUT2D eigenvalue weighted by atomic mass is 19.1. The lowest BCUT2D eigenvalue weighted by molar-refractivity contribution is -0.137. The molecule has 0 aliphatic carbocycles. The summed E-state index contributed by atoms with van der Waals surface area (Å²) in [4.78, 5) is 16.4. The maximum Gasteiger partial charge on any atom is 0.225 e. The van der Waals surface area contributed by atoms with Gasteiger partial charge in [-0.2, -0.15) is 5.26 Å². The Hall–Kier alpha value is -1.93. The van der Waals surface area contributed by atoms with Crippen LogP contribution in [0.25, 0.3) is 0 Å². The molecule has 0 saturated carbocycles. The standard InChI is InChI=1S/C18H24FN3O/c1-3-14(4-2)18(23)22-11-9-21(10-12-22)17(13-20)15-5-7-16(19)8-6-15/h5-8,14,17H,3-4,9-12H2,1-2H3. The molecule has 2 rings (SSSR count). The molecule has 1 atom stereocenters. The predicted octanol–water partition coefficient (Wildman–Crippen LogP) is 2.97. The van der Waals surface area contributed by atoms with Crippen molar-refractivity contribution in [3.63, 3.8) is 0 Å². The second kappa shape index (κ2) is 8.07. The number of nitrogens with zero attached hydrogens (tertiary/aromatic N) is 3. The Morgan fingerprint density at radius 1 is 1.17 bits per heavy atom. The molecule has 1 unspecified atom stereocenters. The highest BCUT2D eigenvalue weighted by Crippen LogP contribution is 2.23. The summed E-state index contributed by atoms with van der Waals surface area (Å²) in [5.41, 5.74) is 0.800. The van der Waals surface area contributed by atoms with Crippen molar-refractivity contribution in [2.45, 2.75) is 32.7 Å². The second-order valence-electron chi connectivity index (χ2n) is 5.96. The minimum atomic E-state index is -0.388. The quantitative estimate of drug-likeness (QED) is 0.839. The Labute approximate surface area is 137 Å². The minimum absolute atomic E-state index is 0.102. The molecule has 1 heterocycles. The maximum absolute atomic E-state index is 13.0. The van der Waals surface area contributed by atoms with E-state index >= 15 is 0 Å². The smallest absolute Gasteiger partial charge is 0.225 e. The van der Waals surface area contributed by atoms with E-state index in [1.807, 2.05) is 18.7 Å². The van der Waals surface area contributed by atoms with Crippen molar-refractivity contribution in [2.24, 2.45) is 5.92 Å². The zero-order chi connectivity index (χ0) is 16.8. The molecule has 0 bridgehead atoms. The van der Waals surface area contributed by atoms with Crippen molar-refractivity contribution in [3.05, 3.63) is 35.6 Å². The van der Waals surface area contributed by atoms with E-state index in [2.05, 4.69) is 11.0 Å². The Bertz CT molecular complexity index is 555. The summed E-state index contributed by atoms with van der Waals surface area (Å²) in [7, 11) is 0. The van der Waals surface area contributed by atoms with Crippen molar-refractivity contribution >= 4 is 5.91 Å². The van der Waals surface area contributed by atoms with Crippen LogP contribution in [0.4, 0.5) is 4.39 Å². The molecule has 5 heteroatoms. The van der Waals surface area contributed by atoms with E-state index in [-0.39, 0.29) is 23.7 Å². The Morgan fingerprint density at radius 2 is 1.74 bits per heavy atom. The molecular weight excluding hydrogens is 293 g/mol. The van der Waals surface area contributed by atoms with Gasteiger partial charge in [-0.25, -0.2) is 4.39 Å². The SMILES string of the molecule is CCC(CC)C(=O)N1CCN(C(C#N)c2ccc(F)cc2)CC1. The van der Waals surface area contributed by atoms with Gasteiger partial charge in [-0.05, 0) is 30.5 Å². The normalized spacial score (nSPS) is 17.1. The van der Waals surface area contributed by atoms with Gasteiger partial charge in [-0.1, -0.05) is 26.0 Å². The predicted molar refractivity (Wildman–Crippen MR) is 87.0 cm³/mol. The summed E-state index contributed by atoms with van der Waals surface area (Å²) in [6.45, 7) is 6.72. The number of nitriles is 1. The minimum Gasteiger partial charge on any atom is -0.340 e. The molecule has 1 amide bonds. The molecule has 0 N–H and O–H groups in total. The van der Waals surface area contributed by atoms with E-state index in [0.29, 0.717) is 26.2 Å². The van der Waals surface area contributed by atoms with Gasteiger partial charge in [-0.3, -0.25) is 9.69 Å². The molecule has 1 aromatic carbocycles. The number of piperazine rings is 1. The van der Waals surface area contributed by atoms with Crippen molar-refractivity contribution in [1.82, 2.24) is 9.80 Å². The van der Waals surface area contributed by atoms with E-state index in [9.17, 15) is 14.4 Å².